The van der Waals surface area contributed by atoms with Crippen LogP contribution in [0, 0.1) is 5.92 Å². The highest BCUT2D eigenvalue weighted by Gasteiger charge is 2.29. The molecule has 0 amide bonds. The lowest BCUT2D eigenvalue weighted by Crippen LogP contribution is -3.06. The molecule has 1 fully saturated rings. The monoisotopic (exact) mass is 230 g/mol. The van der Waals surface area contributed by atoms with Crippen molar-refractivity contribution in [2.45, 2.75) is 38.7 Å². The molecule has 0 saturated carbocycles. The number of rotatable bonds is 6. The molecule has 0 bridgehead atoms. The summed E-state index contributed by atoms with van der Waals surface area (Å²) in [6.07, 6.45) is 3.80. The summed E-state index contributed by atoms with van der Waals surface area (Å²) in [7, 11) is 4.45. The van der Waals surface area contributed by atoms with Gasteiger partial charge in [0.2, 0.25) is 0 Å². The Hall–Kier alpha value is -0.120. The number of quaternary nitrogens is 2. The predicted octanol–water partition coefficient (Wildman–Crippen LogP) is -0.710. The fourth-order valence-electron chi connectivity index (χ4n) is 2.51. The Bertz CT molecular complexity index is 192. The van der Waals surface area contributed by atoms with Crippen LogP contribution in [0.3, 0.4) is 0 Å². The number of nitrogens with two attached hydrogens (primary N) is 1. The molecular weight excluding hydrogens is 200 g/mol. The Morgan fingerprint density at radius 2 is 2.12 bits per heavy atom. The zero-order chi connectivity index (χ0) is 12.0. The highest BCUT2D eigenvalue weighted by molar-refractivity contribution is 4.77. The minimum absolute atomic E-state index is 0.116. The third kappa shape index (κ3) is 5.83. The van der Waals surface area contributed by atoms with Crippen LogP contribution in [0.1, 0.15) is 33.1 Å². The van der Waals surface area contributed by atoms with E-state index in [1.165, 1.54) is 38.9 Å². The van der Waals surface area contributed by atoms with Crippen molar-refractivity contribution in [1.82, 2.24) is 0 Å². The van der Waals surface area contributed by atoms with Crippen molar-refractivity contribution in [2.75, 3.05) is 40.3 Å². The number of hydrogen-bond acceptors (Lipinski definition) is 1. The van der Waals surface area contributed by atoms with Crippen LogP contribution < -0.4 is 10.2 Å². The smallest absolute Gasteiger partial charge is 0.0821 e. The summed E-state index contributed by atoms with van der Waals surface area (Å²) < 4.78 is 5.74. The van der Waals surface area contributed by atoms with Gasteiger partial charge in [-0.1, -0.05) is 0 Å². The molecule has 0 spiro atoms. The summed E-state index contributed by atoms with van der Waals surface area (Å²) in [5.41, 5.74) is 0.116. The molecule has 0 unspecified atom stereocenters. The molecule has 1 aliphatic rings. The van der Waals surface area contributed by atoms with E-state index >= 15 is 0 Å². The van der Waals surface area contributed by atoms with Crippen molar-refractivity contribution in [3.63, 3.8) is 0 Å². The zero-order valence-electron chi connectivity index (χ0n) is 11.5. The van der Waals surface area contributed by atoms with E-state index in [1.54, 1.807) is 4.90 Å². The molecule has 1 aliphatic heterocycles. The van der Waals surface area contributed by atoms with Crippen molar-refractivity contribution >= 4 is 0 Å². The average Bonchev–Trinajstić information content (AvgIpc) is 2.15. The van der Waals surface area contributed by atoms with E-state index in [-0.39, 0.29) is 5.60 Å². The lowest BCUT2D eigenvalue weighted by molar-refractivity contribution is -0.860. The average molecular weight is 230 g/mol. The van der Waals surface area contributed by atoms with Gasteiger partial charge in [-0.15, -0.1) is 0 Å². The summed E-state index contributed by atoms with van der Waals surface area (Å²) >= 11 is 0. The normalized spacial score (nSPS) is 24.9. The molecule has 1 rings (SSSR count). The van der Waals surface area contributed by atoms with Crippen molar-refractivity contribution in [2.24, 2.45) is 5.92 Å². The highest BCUT2D eigenvalue weighted by atomic mass is 16.5. The molecule has 16 heavy (non-hydrogen) atoms. The molecule has 1 saturated heterocycles. The summed E-state index contributed by atoms with van der Waals surface area (Å²) in [5, 5.41) is 2.50. The Morgan fingerprint density at radius 1 is 1.38 bits per heavy atom. The molecule has 0 aromatic heterocycles. The molecule has 0 aromatic carbocycles. The number of hydrogen-bond donors (Lipinski definition) is 2. The molecular formula is C13H30N2O+2. The van der Waals surface area contributed by atoms with Crippen molar-refractivity contribution in [1.29, 1.82) is 0 Å². The fourth-order valence-corrected chi connectivity index (χ4v) is 2.51. The molecule has 0 aromatic rings. The van der Waals surface area contributed by atoms with Gasteiger partial charge in [0.15, 0.2) is 0 Å². The Kier molecular flexibility index (Phi) is 5.73. The van der Waals surface area contributed by atoms with Gasteiger partial charge < -0.3 is 15.0 Å². The second kappa shape index (κ2) is 6.58. The van der Waals surface area contributed by atoms with Crippen molar-refractivity contribution in [3.8, 4) is 0 Å². The minimum atomic E-state index is 0.116. The second-order valence-corrected chi connectivity index (χ2v) is 6.09. The van der Waals surface area contributed by atoms with E-state index < -0.39 is 0 Å². The van der Waals surface area contributed by atoms with Crippen LogP contribution in [-0.2, 0) is 4.74 Å². The van der Waals surface area contributed by atoms with Crippen LogP contribution >= 0.6 is 0 Å². The van der Waals surface area contributed by atoms with Crippen LogP contribution in [-0.4, -0.2) is 45.9 Å². The highest BCUT2D eigenvalue weighted by Crippen LogP contribution is 2.27. The Morgan fingerprint density at radius 3 is 2.75 bits per heavy atom. The maximum Gasteiger partial charge on any atom is 0.0821 e. The molecule has 1 atom stereocenters. The first kappa shape index (κ1) is 13.9. The molecule has 3 nitrogen and oxygen atoms in total. The zero-order valence-corrected chi connectivity index (χ0v) is 11.5. The minimum Gasteiger partial charge on any atom is -0.376 e. The van der Waals surface area contributed by atoms with E-state index in [4.69, 9.17) is 4.74 Å². The third-order valence-corrected chi connectivity index (χ3v) is 3.38. The van der Waals surface area contributed by atoms with Gasteiger partial charge in [-0.05, 0) is 26.7 Å². The quantitative estimate of drug-likeness (QED) is 0.580. The molecule has 3 heteroatoms. The summed E-state index contributed by atoms with van der Waals surface area (Å²) in [6.45, 7) is 9.24. The first-order chi connectivity index (χ1) is 7.49. The Balaban J connectivity index is 2.04. The summed E-state index contributed by atoms with van der Waals surface area (Å²) in [6, 6.07) is 0. The van der Waals surface area contributed by atoms with E-state index in [1.807, 2.05) is 0 Å². The van der Waals surface area contributed by atoms with Gasteiger partial charge in [-0.2, -0.15) is 0 Å². The van der Waals surface area contributed by atoms with Gasteiger partial charge in [0.1, 0.15) is 0 Å². The topological polar surface area (TPSA) is 30.3 Å². The molecule has 96 valence electrons. The maximum atomic E-state index is 5.74. The van der Waals surface area contributed by atoms with E-state index in [0.717, 1.165) is 12.5 Å². The largest absolute Gasteiger partial charge is 0.376 e. The van der Waals surface area contributed by atoms with Crippen molar-refractivity contribution < 1.29 is 15.0 Å². The summed E-state index contributed by atoms with van der Waals surface area (Å²) in [5.74, 6) is 0.857. The third-order valence-electron chi connectivity index (χ3n) is 3.38. The van der Waals surface area contributed by atoms with Crippen LogP contribution in [0.4, 0.5) is 0 Å². The molecule has 3 N–H and O–H groups in total. The van der Waals surface area contributed by atoms with E-state index in [0.29, 0.717) is 0 Å². The van der Waals surface area contributed by atoms with Crippen LogP contribution in [0.25, 0.3) is 0 Å². The molecule has 1 heterocycles. The van der Waals surface area contributed by atoms with Gasteiger partial charge in [0.25, 0.3) is 0 Å². The van der Waals surface area contributed by atoms with Crippen LogP contribution in [0.5, 0.6) is 0 Å². The van der Waals surface area contributed by atoms with Gasteiger partial charge in [-0.3, -0.25) is 0 Å². The SMILES string of the molecule is C[NH+](C)CCC[NH2+]C[C@@H]1CCOC(C)(C)C1. The number of nitrogens with one attached hydrogen (secondary N) is 1. The van der Waals surface area contributed by atoms with E-state index in [9.17, 15) is 0 Å². The first-order valence-electron chi connectivity index (χ1n) is 6.74. The van der Waals surface area contributed by atoms with Crippen molar-refractivity contribution in [3.05, 3.63) is 0 Å². The molecule has 0 radical (unpaired) electrons. The first-order valence-corrected chi connectivity index (χ1v) is 6.74. The van der Waals surface area contributed by atoms with Gasteiger partial charge in [0, 0.05) is 18.9 Å². The van der Waals surface area contributed by atoms with E-state index in [2.05, 4.69) is 33.3 Å². The lowest BCUT2D eigenvalue weighted by Gasteiger charge is -2.34. The number of ether oxygens (including phenoxy) is 1. The van der Waals surface area contributed by atoms with Crippen LogP contribution in [0.2, 0.25) is 0 Å². The van der Waals surface area contributed by atoms with Gasteiger partial charge in [0.05, 0.1) is 39.3 Å². The summed E-state index contributed by atoms with van der Waals surface area (Å²) in [4.78, 5) is 1.56. The standard InChI is InChI=1S/C13H28N2O/c1-13(2)10-12(6-9-16-13)11-14-7-5-8-15(3)4/h12,14H,5-11H2,1-4H3/p+2/t12-/m1/s1. The second-order valence-electron chi connectivity index (χ2n) is 6.09. The predicted molar refractivity (Wildman–Crippen MR) is 66.7 cm³/mol. The molecule has 0 aliphatic carbocycles. The van der Waals surface area contributed by atoms with Gasteiger partial charge in [-0.25, -0.2) is 0 Å². The maximum absolute atomic E-state index is 5.74. The van der Waals surface area contributed by atoms with Gasteiger partial charge >= 0.3 is 0 Å². The van der Waals surface area contributed by atoms with Crippen LogP contribution in [0.15, 0.2) is 0 Å². The Labute approximate surface area is 101 Å². The fraction of sp³-hybridized carbons (Fsp3) is 1.00. The lowest BCUT2D eigenvalue weighted by atomic mass is 9.88.